The van der Waals surface area contributed by atoms with Crippen LogP contribution in [0.5, 0.6) is 0 Å². The summed E-state index contributed by atoms with van der Waals surface area (Å²) in [6, 6.07) is 19.9. The molecule has 3 aromatic rings. The van der Waals surface area contributed by atoms with Crippen molar-refractivity contribution < 1.29 is 22.4 Å². The van der Waals surface area contributed by atoms with Gasteiger partial charge in [-0.15, -0.1) is 0 Å². The minimum Gasteiger partial charge on any atom is -0.354 e. The third-order valence-electron chi connectivity index (χ3n) is 6.50. The van der Waals surface area contributed by atoms with E-state index in [0.29, 0.717) is 19.4 Å². The van der Waals surface area contributed by atoms with Gasteiger partial charge in [0.2, 0.25) is 11.8 Å². The van der Waals surface area contributed by atoms with Gasteiger partial charge in [-0.2, -0.15) is 0 Å². The second kappa shape index (κ2) is 14.8. The van der Waals surface area contributed by atoms with Gasteiger partial charge in [0.05, 0.1) is 15.6 Å². The number of rotatable bonds is 14. The smallest absolute Gasteiger partial charge is 0.264 e. The first-order valence-corrected chi connectivity index (χ1v) is 15.1. The van der Waals surface area contributed by atoms with E-state index in [9.17, 15) is 22.4 Å². The molecular weight excluding hydrogens is 553 g/mol. The zero-order valence-electron chi connectivity index (χ0n) is 22.7. The highest BCUT2D eigenvalue weighted by atomic mass is 35.5. The van der Waals surface area contributed by atoms with Gasteiger partial charge in [-0.05, 0) is 55.2 Å². The first-order valence-electron chi connectivity index (χ1n) is 13.3. The molecule has 3 rings (SSSR count). The number of benzene rings is 3. The van der Waals surface area contributed by atoms with Gasteiger partial charge in [-0.1, -0.05) is 80.4 Å². The lowest BCUT2D eigenvalue weighted by molar-refractivity contribution is -0.139. The number of hydrogen-bond acceptors (Lipinski definition) is 4. The second-order valence-corrected chi connectivity index (χ2v) is 11.6. The Bertz CT molecular complexity index is 1370. The molecule has 0 spiro atoms. The highest BCUT2D eigenvalue weighted by Gasteiger charge is 2.33. The molecule has 1 N–H and O–H groups in total. The summed E-state index contributed by atoms with van der Waals surface area (Å²) in [7, 11) is -4.25. The van der Waals surface area contributed by atoms with Gasteiger partial charge in [0.25, 0.3) is 10.0 Å². The summed E-state index contributed by atoms with van der Waals surface area (Å²) in [6.07, 6.45) is 2.51. The van der Waals surface area contributed by atoms with Crippen LogP contribution in [0.4, 0.5) is 10.1 Å². The molecule has 2 amide bonds. The lowest BCUT2D eigenvalue weighted by Gasteiger charge is -2.33. The molecule has 0 heterocycles. The topological polar surface area (TPSA) is 86.8 Å². The van der Waals surface area contributed by atoms with Crippen LogP contribution in [0, 0.1) is 5.82 Å². The standard InChI is InChI=1S/C30H35ClFN3O4S/c1-3-5-19-33-30(37)28(4-2)34(20-18-23-12-8-6-9-13-23)29(36)22-35(24-16-17-27(32)26(31)21-24)40(38,39)25-14-10-7-11-15-25/h6-17,21,28H,3-5,18-20,22H2,1-2H3,(H,33,37)/t28-/m0/s1. The van der Waals surface area contributed by atoms with Crippen LogP contribution in [0.25, 0.3) is 0 Å². The molecule has 0 bridgehead atoms. The monoisotopic (exact) mass is 587 g/mol. The summed E-state index contributed by atoms with van der Waals surface area (Å²) in [5, 5.41) is 2.62. The van der Waals surface area contributed by atoms with Crippen molar-refractivity contribution in [3.05, 3.63) is 95.3 Å². The molecule has 0 aliphatic rings. The molecule has 0 aromatic heterocycles. The predicted molar refractivity (Wildman–Crippen MR) is 156 cm³/mol. The second-order valence-electron chi connectivity index (χ2n) is 9.31. The summed E-state index contributed by atoms with van der Waals surface area (Å²) < 4.78 is 42.4. The third-order valence-corrected chi connectivity index (χ3v) is 8.58. The molecule has 0 radical (unpaired) electrons. The fraction of sp³-hybridized carbons (Fsp3) is 0.333. The maximum absolute atomic E-state index is 14.0. The Kier molecular flexibility index (Phi) is 11.5. The van der Waals surface area contributed by atoms with E-state index in [4.69, 9.17) is 11.6 Å². The van der Waals surface area contributed by atoms with Crippen LogP contribution >= 0.6 is 11.6 Å². The average Bonchev–Trinajstić information content (AvgIpc) is 2.96. The molecular formula is C30H35ClFN3O4S. The number of hydrogen-bond donors (Lipinski definition) is 1. The molecule has 0 saturated heterocycles. The van der Waals surface area contributed by atoms with Gasteiger partial charge in [0, 0.05) is 13.1 Å². The lowest BCUT2D eigenvalue weighted by atomic mass is 10.1. The Balaban J connectivity index is 1.99. The minimum absolute atomic E-state index is 0.0343. The number of anilines is 1. The average molecular weight is 588 g/mol. The molecule has 10 heteroatoms. The molecule has 7 nitrogen and oxygen atoms in total. The van der Waals surface area contributed by atoms with E-state index in [1.165, 1.54) is 29.2 Å². The quantitative estimate of drug-likeness (QED) is 0.254. The van der Waals surface area contributed by atoms with Crippen molar-refractivity contribution in [3.63, 3.8) is 0 Å². The highest BCUT2D eigenvalue weighted by molar-refractivity contribution is 7.92. The van der Waals surface area contributed by atoms with Crippen molar-refractivity contribution >= 4 is 39.1 Å². The molecule has 1 atom stereocenters. The maximum Gasteiger partial charge on any atom is 0.264 e. The van der Waals surface area contributed by atoms with Gasteiger partial charge in [0.15, 0.2) is 0 Å². The Morgan fingerprint density at radius 3 is 2.23 bits per heavy atom. The molecule has 3 aromatic carbocycles. The SMILES string of the molecule is CCCCNC(=O)[C@H](CC)N(CCc1ccccc1)C(=O)CN(c1ccc(F)c(Cl)c1)S(=O)(=O)c1ccccc1. The summed E-state index contributed by atoms with van der Waals surface area (Å²) >= 11 is 6.00. The van der Waals surface area contributed by atoms with Crippen LogP contribution in [-0.4, -0.2) is 50.8 Å². The lowest BCUT2D eigenvalue weighted by Crippen LogP contribution is -2.53. The molecule has 214 valence electrons. The molecule has 0 unspecified atom stereocenters. The van der Waals surface area contributed by atoms with Crippen molar-refractivity contribution in [1.29, 1.82) is 0 Å². The molecule has 0 saturated carbocycles. The van der Waals surface area contributed by atoms with Crippen molar-refractivity contribution in [2.45, 2.75) is 50.5 Å². The van der Waals surface area contributed by atoms with Crippen molar-refractivity contribution in [1.82, 2.24) is 10.2 Å². The number of halogens is 2. The fourth-order valence-electron chi connectivity index (χ4n) is 4.29. The first-order chi connectivity index (χ1) is 19.2. The zero-order chi connectivity index (χ0) is 29.1. The van der Waals surface area contributed by atoms with Crippen LogP contribution in [0.3, 0.4) is 0 Å². The van der Waals surface area contributed by atoms with E-state index < -0.39 is 34.3 Å². The summed E-state index contributed by atoms with van der Waals surface area (Å²) in [4.78, 5) is 28.5. The number of carbonyl (C=O) groups is 2. The fourth-order valence-corrected chi connectivity index (χ4v) is 5.89. The predicted octanol–water partition coefficient (Wildman–Crippen LogP) is 5.44. The van der Waals surface area contributed by atoms with E-state index in [0.717, 1.165) is 28.8 Å². The maximum atomic E-state index is 14.0. The number of nitrogens with one attached hydrogen (secondary N) is 1. The molecule has 0 aliphatic heterocycles. The van der Waals surface area contributed by atoms with Crippen LogP contribution in [-0.2, 0) is 26.0 Å². The van der Waals surface area contributed by atoms with E-state index >= 15 is 0 Å². The number of unbranched alkanes of at least 4 members (excludes halogenated alkanes) is 1. The van der Waals surface area contributed by atoms with Crippen LogP contribution < -0.4 is 9.62 Å². The van der Waals surface area contributed by atoms with Crippen LogP contribution in [0.2, 0.25) is 5.02 Å². The Morgan fingerprint density at radius 1 is 0.975 bits per heavy atom. The van der Waals surface area contributed by atoms with Crippen molar-refractivity contribution in [2.75, 3.05) is 23.9 Å². The molecule has 0 aliphatic carbocycles. The number of sulfonamides is 1. The molecule has 40 heavy (non-hydrogen) atoms. The normalized spacial score (nSPS) is 12.0. The van der Waals surface area contributed by atoms with Gasteiger partial charge < -0.3 is 10.2 Å². The summed E-state index contributed by atoms with van der Waals surface area (Å²) in [5.74, 6) is -1.57. The largest absolute Gasteiger partial charge is 0.354 e. The number of nitrogens with zero attached hydrogens (tertiary/aromatic N) is 2. The number of carbonyl (C=O) groups excluding carboxylic acids is 2. The highest BCUT2D eigenvalue weighted by Crippen LogP contribution is 2.28. The van der Waals surface area contributed by atoms with E-state index in [-0.39, 0.29) is 28.1 Å². The Hall–Kier alpha value is -3.43. The Morgan fingerprint density at radius 2 is 1.62 bits per heavy atom. The van der Waals surface area contributed by atoms with E-state index in [1.54, 1.807) is 18.2 Å². The number of amides is 2. The van der Waals surface area contributed by atoms with E-state index in [1.807, 2.05) is 44.2 Å². The van der Waals surface area contributed by atoms with Gasteiger partial charge in [-0.25, -0.2) is 12.8 Å². The summed E-state index contributed by atoms with van der Waals surface area (Å²) in [5.41, 5.74) is 1.01. The van der Waals surface area contributed by atoms with Crippen LogP contribution in [0.15, 0.2) is 83.8 Å². The van der Waals surface area contributed by atoms with Gasteiger partial charge in [0.1, 0.15) is 18.4 Å². The van der Waals surface area contributed by atoms with Crippen molar-refractivity contribution in [2.24, 2.45) is 0 Å². The van der Waals surface area contributed by atoms with E-state index in [2.05, 4.69) is 5.32 Å². The molecule has 0 fully saturated rings. The minimum atomic E-state index is -4.25. The van der Waals surface area contributed by atoms with Gasteiger partial charge >= 0.3 is 0 Å². The van der Waals surface area contributed by atoms with Gasteiger partial charge in [-0.3, -0.25) is 13.9 Å². The first kappa shape index (κ1) is 31.1. The van der Waals surface area contributed by atoms with Crippen LogP contribution in [0.1, 0.15) is 38.7 Å². The van der Waals surface area contributed by atoms with Crippen molar-refractivity contribution in [3.8, 4) is 0 Å². The zero-order valence-corrected chi connectivity index (χ0v) is 24.3. The Labute approximate surface area is 241 Å². The third kappa shape index (κ3) is 8.05. The summed E-state index contributed by atoms with van der Waals surface area (Å²) in [6.45, 7) is 3.90.